The van der Waals surface area contributed by atoms with E-state index in [-0.39, 0.29) is 11.8 Å². The third-order valence-corrected chi connectivity index (χ3v) is 2.83. The second kappa shape index (κ2) is 5.87. The van der Waals surface area contributed by atoms with Gasteiger partial charge in [0.05, 0.1) is 6.10 Å². The molecule has 17 heavy (non-hydrogen) atoms. The Bertz CT molecular complexity index is 369. The van der Waals surface area contributed by atoms with Crippen molar-refractivity contribution in [3.63, 3.8) is 0 Å². The van der Waals surface area contributed by atoms with Crippen molar-refractivity contribution in [2.45, 2.75) is 32.9 Å². The van der Waals surface area contributed by atoms with Crippen LogP contribution in [0.3, 0.4) is 0 Å². The Morgan fingerprint density at radius 3 is 2.65 bits per heavy atom. The summed E-state index contributed by atoms with van der Waals surface area (Å²) >= 11 is 0. The zero-order valence-electron chi connectivity index (χ0n) is 11.1. The highest BCUT2D eigenvalue weighted by Gasteiger charge is 2.13. The zero-order valence-corrected chi connectivity index (χ0v) is 11.1. The Kier molecular flexibility index (Phi) is 4.75. The van der Waals surface area contributed by atoms with Gasteiger partial charge >= 0.3 is 0 Å². The fourth-order valence-corrected chi connectivity index (χ4v) is 1.61. The van der Waals surface area contributed by atoms with Gasteiger partial charge in [0.2, 0.25) is 5.91 Å². The molecule has 1 aromatic rings. The highest BCUT2D eigenvalue weighted by Crippen LogP contribution is 2.21. The average Bonchev–Trinajstić information content (AvgIpc) is 2.72. The van der Waals surface area contributed by atoms with Gasteiger partial charge in [0.15, 0.2) is 0 Å². The van der Waals surface area contributed by atoms with Crippen LogP contribution in [0.2, 0.25) is 0 Å². The SMILES string of the molecule is CC(C)C(O)c1ccn(CCC(=O)N(C)C)c1. The molecule has 1 N–H and O–H groups in total. The van der Waals surface area contributed by atoms with Crippen LogP contribution in [0.15, 0.2) is 18.5 Å². The van der Waals surface area contributed by atoms with Gasteiger partial charge < -0.3 is 14.6 Å². The number of carbonyl (C=O) groups is 1. The van der Waals surface area contributed by atoms with E-state index in [0.717, 1.165) is 5.56 Å². The van der Waals surface area contributed by atoms with Gasteiger partial charge in [-0.25, -0.2) is 0 Å². The van der Waals surface area contributed by atoms with Crippen molar-refractivity contribution < 1.29 is 9.90 Å². The van der Waals surface area contributed by atoms with Gasteiger partial charge in [-0.05, 0) is 17.5 Å². The van der Waals surface area contributed by atoms with Crippen LogP contribution in [0.4, 0.5) is 0 Å². The maximum atomic E-state index is 11.4. The molecule has 1 amide bonds. The first-order valence-electron chi connectivity index (χ1n) is 5.95. The Balaban J connectivity index is 2.54. The lowest BCUT2D eigenvalue weighted by Crippen LogP contribution is -2.22. The van der Waals surface area contributed by atoms with Crippen LogP contribution in [-0.4, -0.2) is 34.6 Å². The van der Waals surface area contributed by atoms with Crippen molar-refractivity contribution in [3.8, 4) is 0 Å². The molecule has 4 nitrogen and oxygen atoms in total. The topological polar surface area (TPSA) is 45.5 Å². The predicted molar refractivity (Wildman–Crippen MR) is 67.5 cm³/mol. The molecule has 96 valence electrons. The number of nitrogens with zero attached hydrogens (tertiary/aromatic N) is 2. The molecule has 1 unspecified atom stereocenters. The quantitative estimate of drug-likeness (QED) is 0.848. The fourth-order valence-electron chi connectivity index (χ4n) is 1.61. The minimum Gasteiger partial charge on any atom is -0.388 e. The van der Waals surface area contributed by atoms with Crippen LogP contribution in [0.5, 0.6) is 0 Å². The molecule has 1 atom stereocenters. The Labute approximate surface area is 103 Å². The number of hydrogen-bond donors (Lipinski definition) is 1. The molecule has 0 saturated heterocycles. The molecule has 0 saturated carbocycles. The molecule has 0 aliphatic carbocycles. The van der Waals surface area contributed by atoms with Crippen molar-refractivity contribution in [2.75, 3.05) is 14.1 Å². The van der Waals surface area contributed by atoms with Crippen LogP contribution in [0, 0.1) is 5.92 Å². The van der Waals surface area contributed by atoms with Gasteiger partial charge in [0.1, 0.15) is 0 Å². The maximum Gasteiger partial charge on any atom is 0.223 e. The maximum absolute atomic E-state index is 11.4. The lowest BCUT2D eigenvalue weighted by Gasteiger charge is -2.12. The summed E-state index contributed by atoms with van der Waals surface area (Å²) in [6, 6.07) is 1.91. The molecule has 0 radical (unpaired) electrons. The first-order valence-corrected chi connectivity index (χ1v) is 5.95. The van der Waals surface area contributed by atoms with Gasteiger partial charge in [-0.3, -0.25) is 4.79 Å². The van der Waals surface area contributed by atoms with Crippen molar-refractivity contribution in [1.82, 2.24) is 9.47 Å². The summed E-state index contributed by atoms with van der Waals surface area (Å²) in [5.74, 6) is 0.318. The Morgan fingerprint density at radius 1 is 1.47 bits per heavy atom. The van der Waals surface area contributed by atoms with Crippen LogP contribution in [0.25, 0.3) is 0 Å². The third-order valence-electron chi connectivity index (χ3n) is 2.83. The van der Waals surface area contributed by atoms with Crippen LogP contribution >= 0.6 is 0 Å². The Hall–Kier alpha value is -1.29. The van der Waals surface area contributed by atoms with Gasteiger partial charge in [-0.15, -0.1) is 0 Å². The molecule has 0 fully saturated rings. The van der Waals surface area contributed by atoms with Gasteiger partial charge in [0, 0.05) is 39.5 Å². The predicted octanol–water partition coefficient (Wildman–Crippen LogP) is 1.66. The molecule has 0 bridgehead atoms. The third kappa shape index (κ3) is 3.89. The summed E-state index contributed by atoms with van der Waals surface area (Å²) in [5, 5.41) is 9.89. The summed E-state index contributed by atoms with van der Waals surface area (Å²) in [7, 11) is 3.51. The minimum absolute atomic E-state index is 0.115. The molecule has 0 aromatic carbocycles. The van der Waals surface area contributed by atoms with Gasteiger partial charge in [-0.2, -0.15) is 0 Å². The second-order valence-corrected chi connectivity index (χ2v) is 4.91. The highest BCUT2D eigenvalue weighted by atomic mass is 16.3. The smallest absolute Gasteiger partial charge is 0.223 e. The second-order valence-electron chi connectivity index (χ2n) is 4.91. The molecule has 4 heteroatoms. The van der Waals surface area contributed by atoms with Crippen molar-refractivity contribution in [3.05, 3.63) is 24.0 Å². The number of aromatic nitrogens is 1. The van der Waals surface area contributed by atoms with E-state index < -0.39 is 6.10 Å². The summed E-state index contributed by atoms with van der Waals surface area (Å²) in [6.07, 6.45) is 3.87. The van der Waals surface area contributed by atoms with Crippen LogP contribution < -0.4 is 0 Å². The van der Waals surface area contributed by atoms with E-state index in [4.69, 9.17) is 0 Å². The molecular weight excluding hydrogens is 216 g/mol. The fraction of sp³-hybridized carbons (Fsp3) is 0.615. The summed E-state index contributed by atoms with van der Waals surface area (Å²) in [6.45, 7) is 4.62. The number of aryl methyl sites for hydroxylation is 1. The number of aliphatic hydroxyl groups is 1. The largest absolute Gasteiger partial charge is 0.388 e. The van der Waals surface area contributed by atoms with E-state index in [2.05, 4.69) is 0 Å². The van der Waals surface area contributed by atoms with Crippen molar-refractivity contribution >= 4 is 5.91 Å². The van der Waals surface area contributed by atoms with E-state index >= 15 is 0 Å². The van der Waals surface area contributed by atoms with Gasteiger partial charge in [-0.1, -0.05) is 13.8 Å². The molecule has 1 aromatic heterocycles. The highest BCUT2D eigenvalue weighted by molar-refractivity contribution is 5.75. The Morgan fingerprint density at radius 2 is 2.12 bits per heavy atom. The summed E-state index contributed by atoms with van der Waals surface area (Å²) < 4.78 is 1.95. The number of carbonyl (C=O) groups excluding carboxylic acids is 1. The monoisotopic (exact) mass is 238 g/mol. The lowest BCUT2D eigenvalue weighted by molar-refractivity contribution is -0.128. The first kappa shape index (κ1) is 13.8. The molecule has 1 rings (SSSR count). The van der Waals surface area contributed by atoms with Gasteiger partial charge in [0.25, 0.3) is 0 Å². The number of rotatable bonds is 5. The molecule has 0 spiro atoms. The van der Waals surface area contributed by atoms with Crippen LogP contribution in [0.1, 0.15) is 31.9 Å². The van der Waals surface area contributed by atoms with E-state index in [0.29, 0.717) is 13.0 Å². The van der Waals surface area contributed by atoms with Crippen molar-refractivity contribution in [2.24, 2.45) is 5.92 Å². The minimum atomic E-state index is -0.430. The number of hydrogen-bond acceptors (Lipinski definition) is 2. The van der Waals surface area contributed by atoms with Crippen LogP contribution in [-0.2, 0) is 11.3 Å². The van der Waals surface area contributed by atoms with E-state index in [1.54, 1.807) is 19.0 Å². The lowest BCUT2D eigenvalue weighted by atomic mass is 10.0. The summed E-state index contributed by atoms with van der Waals surface area (Å²) in [4.78, 5) is 13.0. The molecule has 0 aliphatic rings. The van der Waals surface area contributed by atoms with E-state index in [1.807, 2.05) is 36.9 Å². The van der Waals surface area contributed by atoms with E-state index in [1.165, 1.54) is 0 Å². The normalized spacial score (nSPS) is 12.8. The zero-order chi connectivity index (χ0) is 13.0. The number of amides is 1. The average molecular weight is 238 g/mol. The first-order chi connectivity index (χ1) is 7.91. The molecular formula is C13H22N2O2. The van der Waals surface area contributed by atoms with Crippen molar-refractivity contribution in [1.29, 1.82) is 0 Å². The summed E-state index contributed by atoms with van der Waals surface area (Å²) in [5.41, 5.74) is 0.914. The number of aliphatic hydroxyl groups excluding tert-OH is 1. The molecule has 1 heterocycles. The molecule has 0 aliphatic heterocycles. The standard InChI is InChI=1S/C13H22N2O2/c1-10(2)13(17)11-5-7-15(9-11)8-6-12(16)14(3)4/h5,7,9-10,13,17H,6,8H2,1-4H3. The van der Waals surface area contributed by atoms with E-state index in [9.17, 15) is 9.90 Å².